The number of amidine groups is 2. The Bertz CT molecular complexity index is 4790. The molecule has 38 nitrogen and oxygen atoms in total. The zero-order valence-electron chi connectivity index (χ0n) is 89.7. The molecule has 2 unspecified atom stereocenters. The van der Waals surface area contributed by atoms with Crippen LogP contribution in [0, 0.1) is 70.5 Å². The smallest absolute Gasteiger partial charge is 0.388 e. The number of Topliss-reactive ketones (excluding diaryl/α,β-unsaturated/α-hetero) is 4. The van der Waals surface area contributed by atoms with E-state index in [4.69, 9.17) is 34.4 Å². The Hall–Kier alpha value is -7.32. The number of rotatable bonds is 23. The summed E-state index contributed by atoms with van der Waals surface area (Å²) in [5.41, 5.74) is 0.287. The standard InChI is InChI=1S/C7H10N2O.C7H12N2.C7H11NO3S.C7H11NO.C7H8O3.C6H14N2O3S.C6H9NO.C6H12O2.C5H11NO3S.C5H10O2.C5H13OP.C5H12O.C5H10O.C4H11O2P.2C4H10O2S.CH4/c1-7(2,3)6-8-4-5(10)9-6;1-7(2,3)6-8-4-5-9-6;1-6(2)12(9,10)5-7-8-3-4-11-7;1-5(2)7-4-6(3)8-9-7;1-3(2)4-5(8)7(10)6(4)9;1-5(2)6(9)7-12(10,11)8(3)4;1-5(2)6(8)3-4-7;1-5(2)6(7)4-8-3;1-4(2)5(7)6-10(3,8)9;1-4(2)5(7)3-6;1-5(2)7(3,4)6;2*1-4(2)5(3)6;3*1-4(2)7(3,5)6;/h4H,1-3H3;4H,5H2,1-3H3;3-4,6H,5H2,1-2H3;4-5H,1-3H3;3,8H,1-2H3;5H,1-4H3,(H,7,9);5H,3H2,1-2H3;5H,4H2,1-3H3;4H,1-3H3,(H,6,7);4,6H,3H2,1-2H3;5H,1-4H3;4-6H,1-3H3;4H,1-3H3;4H,1-3H3,(H,5,6);2*4H,1-3H3;1H4/p+1. The lowest BCUT2D eigenvalue weighted by atomic mass is 9.95. The lowest BCUT2D eigenvalue weighted by molar-refractivity contribution is -0.126. The maximum atomic E-state index is 11.3. The molecule has 4 heterocycles. The minimum Gasteiger partial charge on any atom is -0.504 e. The molecule has 0 radical (unpaired) electrons. The number of oxazole rings is 1. The minimum atomic E-state index is -3.61. The molecule has 2 aliphatic heterocycles. The second-order valence-electron chi connectivity index (χ2n) is 37.6. The quantitative estimate of drug-likeness (QED) is 0.0263. The number of aromatic hydroxyl groups is 1. The third kappa shape index (κ3) is 91.7. The molecular formula is C91H179N10O28P2S5+. The summed E-state index contributed by atoms with van der Waals surface area (Å²) < 4.78 is 151. The number of aliphatic hydroxyl groups is 2. The highest BCUT2D eigenvalue weighted by molar-refractivity contribution is 7.91. The van der Waals surface area contributed by atoms with Gasteiger partial charge < -0.3 is 38.5 Å². The number of sulfonamides is 1. The van der Waals surface area contributed by atoms with Crippen molar-refractivity contribution >= 4 is 129 Å². The van der Waals surface area contributed by atoms with Crippen LogP contribution in [0.5, 0.6) is 5.75 Å². The van der Waals surface area contributed by atoms with E-state index < -0.39 is 86.9 Å². The van der Waals surface area contributed by atoms with Crippen molar-refractivity contribution < 1.29 is 119 Å². The van der Waals surface area contributed by atoms with Gasteiger partial charge in [0.1, 0.15) is 68.1 Å². The summed E-state index contributed by atoms with van der Waals surface area (Å²) in [7, 11) is -15.8. The van der Waals surface area contributed by atoms with Crippen molar-refractivity contribution in [1.29, 1.82) is 5.26 Å². The van der Waals surface area contributed by atoms with Crippen molar-refractivity contribution in [3.8, 4) is 11.8 Å². The van der Waals surface area contributed by atoms with E-state index in [0.717, 1.165) is 40.2 Å². The van der Waals surface area contributed by atoms with Gasteiger partial charge in [-0.15, -0.1) is 0 Å². The molecule has 0 saturated heterocycles. The van der Waals surface area contributed by atoms with Gasteiger partial charge in [0.2, 0.25) is 33.2 Å². The highest BCUT2D eigenvalue weighted by Gasteiger charge is 2.33. The maximum Gasteiger partial charge on any atom is 0.388 e. The summed E-state index contributed by atoms with van der Waals surface area (Å²) in [5.74, 6) is 2.22. The van der Waals surface area contributed by atoms with Crippen molar-refractivity contribution in [2.75, 3.05) is 79.7 Å². The zero-order valence-corrected chi connectivity index (χ0v) is 95.6. The monoisotopic (exact) mass is 2080 g/mol. The molecule has 5 rings (SSSR count). The number of nitrogens with zero attached hydrogens (tertiary/aromatic N) is 7. The normalized spacial score (nSPS) is 12.7. The molecular weight excluding hydrogens is 1900 g/mol. The van der Waals surface area contributed by atoms with Gasteiger partial charge in [-0.1, -0.05) is 186 Å². The van der Waals surface area contributed by atoms with Crippen LogP contribution >= 0.6 is 14.5 Å². The van der Waals surface area contributed by atoms with Gasteiger partial charge in [-0.2, -0.15) is 23.3 Å². The van der Waals surface area contributed by atoms with E-state index in [1.54, 1.807) is 145 Å². The molecule has 2 aromatic heterocycles. The van der Waals surface area contributed by atoms with Crippen LogP contribution in [0.25, 0.3) is 0 Å². The van der Waals surface area contributed by atoms with Gasteiger partial charge in [-0.05, 0) is 108 Å². The Labute approximate surface area is 818 Å². The first-order valence-electron chi connectivity index (χ1n) is 43.6. The Kier molecular flexibility index (Phi) is 85.6. The summed E-state index contributed by atoms with van der Waals surface area (Å²) in [4.78, 5) is 116. The summed E-state index contributed by atoms with van der Waals surface area (Å²) in [6, 6.07) is 3.76. The molecule has 1 aromatic carbocycles. The topological polar surface area (TPSA) is 603 Å². The number of aliphatic imine (C=N–C) groups is 2. The van der Waals surface area contributed by atoms with Gasteiger partial charge in [-0.25, -0.2) is 57.8 Å². The second kappa shape index (κ2) is 75.6. The third-order valence-electron chi connectivity index (χ3n) is 17.1. The van der Waals surface area contributed by atoms with Crippen LogP contribution in [-0.2, 0) is 103 Å². The molecule has 0 spiro atoms. The second-order valence-corrected chi connectivity index (χ2v) is 55.8. The molecule has 0 fully saturated rings. The molecule has 3 amide bonds. The molecule has 800 valence electrons. The highest BCUT2D eigenvalue weighted by atomic mass is 32.2. The number of sulfone groups is 3. The number of amides is 3. The Morgan fingerprint density at radius 1 is 0.632 bits per heavy atom. The van der Waals surface area contributed by atoms with E-state index in [9.17, 15) is 94.4 Å². The fraction of sp³-hybridized carbons (Fsp3) is 0.758. The molecule has 0 saturated carbocycles. The average Bonchev–Trinajstić information content (AvgIpc) is 1.10. The van der Waals surface area contributed by atoms with Gasteiger partial charge in [0.25, 0.3) is 11.6 Å². The number of hydrogen-bond acceptors (Lipinski definition) is 32. The predicted octanol–water partition coefficient (Wildman–Crippen LogP) is 13.0. The van der Waals surface area contributed by atoms with Gasteiger partial charge in [0, 0.05) is 111 Å². The average molecular weight is 2080 g/mol. The zero-order chi connectivity index (χ0) is 111. The fourth-order valence-electron chi connectivity index (χ4n) is 5.07. The van der Waals surface area contributed by atoms with Crippen molar-refractivity contribution in [3.05, 3.63) is 61.9 Å². The van der Waals surface area contributed by atoms with E-state index in [1.807, 2.05) is 118 Å². The number of methoxy groups -OCH3 is 1. The molecule has 0 bridgehead atoms. The predicted molar refractivity (Wildman–Crippen MR) is 554 cm³/mol. The van der Waals surface area contributed by atoms with Gasteiger partial charge >= 0.3 is 22.0 Å². The van der Waals surface area contributed by atoms with E-state index >= 15 is 0 Å². The summed E-state index contributed by atoms with van der Waals surface area (Å²) >= 11 is 0. The first-order valence-corrected chi connectivity index (χ1v) is 57.5. The summed E-state index contributed by atoms with van der Waals surface area (Å²) in [6.45, 7) is 73.6. The summed E-state index contributed by atoms with van der Waals surface area (Å²) in [5, 5.41) is 39.2. The number of ether oxygens (including phenoxy) is 1. The van der Waals surface area contributed by atoms with Crippen LogP contribution < -0.4 is 30.3 Å². The van der Waals surface area contributed by atoms with E-state index in [-0.39, 0.29) is 159 Å². The third-order valence-corrected chi connectivity index (χ3v) is 29.0. The van der Waals surface area contributed by atoms with Crippen molar-refractivity contribution in [3.63, 3.8) is 0 Å². The van der Waals surface area contributed by atoms with Crippen molar-refractivity contribution in [1.82, 2.24) is 33.9 Å². The van der Waals surface area contributed by atoms with Crippen LogP contribution in [0.3, 0.4) is 0 Å². The number of nitriles is 1. The molecule has 45 heteroatoms. The lowest BCUT2D eigenvalue weighted by Crippen LogP contribution is -2.41. The van der Waals surface area contributed by atoms with Gasteiger partial charge in [0.05, 0.1) is 77.2 Å². The van der Waals surface area contributed by atoms with Crippen LogP contribution in [0.1, 0.15) is 298 Å². The van der Waals surface area contributed by atoms with E-state index in [2.05, 4.69) is 69.5 Å². The molecule has 7 N–H and O–H groups in total. The van der Waals surface area contributed by atoms with Gasteiger partial charge in [-0.3, -0.25) is 52.6 Å². The maximum absolute atomic E-state index is 11.3. The van der Waals surface area contributed by atoms with Crippen LogP contribution in [0.15, 0.2) is 47.0 Å². The molecule has 0 aliphatic carbocycles. The Morgan fingerprint density at radius 2 is 1.01 bits per heavy atom. The SMILES string of the molecule is C.CC(=O)C(C)C.CC(C)(C)C1=NCC=N1.CC(C)(C)C1=[N+]=CC(=O)N1.CC(C)C(=O)CC#N.CC(C)C(=O)CO.CC(C)C(=O)NS(=O)(=O)N(C)C.CC(C)C(=O)NS(C)(=O)=O.CC(C)C(C)O.CC(C)P(C)(=O)O.CC(C)P(C)(C)=O.CC(C)S(=O)(=O)Cc1ncco1.CC(C)S(C)(=O)=O.CC(C)S(C)(=O)=O.CC(C)c1c(O)c(=O)c1=O.COCC(=O)C(C)C.Cc1cc(C(C)C)on1. The van der Waals surface area contributed by atoms with E-state index in [1.165, 1.54) is 59.1 Å². The number of hydrogen-bond donors (Lipinski definition) is 7. The fourth-order valence-corrected chi connectivity index (χ4v) is 7.17. The number of carbonyl (C=O) groups is 7. The number of carbonyl (C=O) groups excluding carboxylic acids is 7. The Balaban J connectivity index is -0.000000121. The number of aliphatic hydroxyl groups excluding tert-OH is 2. The minimum absolute atomic E-state index is 0. The first kappa shape index (κ1) is 154. The largest absolute Gasteiger partial charge is 0.504 e. The van der Waals surface area contributed by atoms with E-state index in [0.29, 0.717) is 17.5 Å². The Morgan fingerprint density at radius 3 is 1.15 bits per heavy atom. The lowest BCUT2D eigenvalue weighted by Gasteiger charge is -2.14. The molecule has 3 aromatic rings. The number of aryl methyl sites for hydroxylation is 1. The number of aromatic nitrogens is 2. The van der Waals surface area contributed by atoms with Crippen molar-refractivity contribution in [2.45, 2.75) is 321 Å². The van der Waals surface area contributed by atoms with Crippen molar-refractivity contribution in [2.24, 2.45) is 62.2 Å². The van der Waals surface area contributed by atoms with Crippen LogP contribution in [-0.4, -0.2) is 255 Å². The molecule has 136 heavy (non-hydrogen) atoms. The first-order chi connectivity index (χ1) is 60.1. The summed E-state index contributed by atoms with van der Waals surface area (Å²) in [6.07, 6.45) is 9.28. The van der Waals surface area contributed by atoms with Crippen LogP contribution in [0.4, 0.5) is 0 Å². The highest BCUT2D eigenvalue weighted by Crippen LogP contribution is 2.41. The van der Waals surface area contributed by atoms with Crippen LogP contribution in [0.2, 0.25) is 0 Å². The molecule has 2 aliphatic rings. The number of ketones is 4. The van der Waals surface area contributed by atoms with Gasteiger partial charge in [0.15, 0.2) is 34.5 Å². The number of nitrogens with one attached hydrogen (secondary N) is 3. The molecule has 2 atom stereocenters.